The molecule has 0 aliphatic carbocycles. The Morgan fingerprint density at radius 3 is 2.38 bits per heavy atom. The molecule has 16 heavy (non-hydrogen) atoms. The van der Waals surface area contributed by atoms with Gasteiger partial charge in [0.2, 0.25) is 0 Å². The Hall–Kier alpha value is -1.23. The molecule has 0 aliphatic rings. The van der Waals surface area contributed by atoms with Crippen molar-refractivity contribution < 1.29 is 13.2 Å². The molecule has 0 bridgehead atoms. The summed E-state index contributed by atoms with van der Waals surface area (Å²) in [5, 5.41) is 0. The molecule has 3 N–H and O–H groups in total. The smallest absolute Gasteiger partial charge is 0.324 e. The molecule has 0 amide bonds. The first-order chi connectivity index (χ1) is 7.38. The number of benzene rings is 1. The average molecular weight is 232 g/mol. The Labute approximate surface area is 92.6 Å². The van der Waals surface area contributed by atoms with Crippen molar-refractivity contribution >= 4 is 5.69 Å². The van der Waals surface area contributed by atoms with Crippen LogP contribution in [0, 0.1) is 0 Å². The van der Waals surface area contributed by atoms with Gasteiger partial charge in [-0.1, -0.05) is 13.8 Å². The van der Waals surface area contributed by atoms with Gasteiger partial charge >= 0.3 is 6.18 Å². The third-order valence-corrected chi connectivity index (χ3v) is 2.63. The normalized spacial score (nSPS) is 13.6. The summed E-state index contributed by atoms with van der Waals surface area (Å²) in [6, 6.07) is 3.82. The fourth-order valence-electron chi connectivity index (χ4n) is 1.42. The van der Waals surface area contributed by atoms with Crippen LogP contribution in [0.15, 0.2) is 18.2 Å². The number of nitrogen functional groups attached to an aromatic ring is 1. The number of hydrazine groups is 1. The SMILES string of the molecule is CCC(C)c1cc(NN)cc(C(F)(F)F)c1. The second-order valence-corrected chi connectivity index (χ2v) is 3.80. The first-order valence-corrected chi connectivity index (χ1v) is 5.07. The second kappa shape index (κ2) is 4.74. The lowest BCUT2D eigenvalue weighted by atomic mass is 9.96. The lowest BCUT2D eigenvalue weighted by Crippen LogP contribution is -2.11. The van der Waals surface area contributed by atoms with Crippen LogP contribution >= 0.6 is 0 Å². The maximum atomic E-state index is 12.6. The van der Waals surface area contributed by atoms with E-state index in [-0.39, 0.29) is 11.6 Å². The van der Waals surface area contributed by atoms with Crippen molar-refractivity contribution in [1.82, 2.24) is 0 Å². The number of nitrogens with two attached hydrogens (primary N) is 1. The fourth-order valence-corrected chi connectivity index (χ4v) is 1.42. The van der Waals surface area contributed by atoms with Gasteiger partial charge in [0.1, 0.15) is 0 Å². The van der Waals surface area contributed by atoms with Crippen LogP contribution in [0.5, 0.6) is 0 Å². The molecule has 1 rings (SSSR count). The predicted molar refractivity (Wildman–Crippen MR) is 58.0 cm³/mol. The van der Waals surface area contributed by atoms with E-state index in [1.54, 1.807) is 6.07 Å². The van der Waals surface area contributed by atoms with E-state index in [0.717, 1.165) is 12.5 Å². The molecule has 0 radical (unpaired) electrons. The average Bonchev–Trinajstić information content (AvgIpc) is 2.26. The van der Waals surface area contributed by atoms with Crippen molar-refractivity contribution in [3.05, 3.63) is 29.3 Å². The summed E-state index contributed by atoms with van der Waals surface area (Å²) in [6.07, 6.45) is -3.56. The number of hydrogen-bond acceptors (Lipinski definition) is 2. The summed E-state index contributed by atoms with van der Waals surface area (Å²) in [5.41, 5.74) is 2.52. The highest BCUT2D eigenvalue weighted by molar-refractivity contribution is 5.49. The molecule has 0 saturated carbocycles. The van der Waals surface area contributed by atoms with Crippen LogP contribution in [0.1, 0.15) is 37.3 Å². The zero-order valence-corrected chi connectivity index (χ0v) is 9.23. The van der Waals surface area contributed by atoms with Gasteiger partial charge in [-0.05, 0) is 36.1 Å². The van der Waals surface area contributed by atoms with Gasteiger partial charge in [-0.15, -0.1) is 0 Å². The topological polar surface area (TPSA) is 38.0 Å². The minimum Gasteiger partial charge on any atom is -0.324 e. The number of nitrogens with one attached hydrogen (secondary N) is 1. The third kappa shape index (κ3) is 2.88. The molecule has 0 aliphatic heterocycles. The maximum absolute atomic E-state index is 12.6. The van der Waals surface area contributed by atoms with Crippen LogP contribution in [0.4, 0.5) is 18.9 Å². The highest BCUT2D eigenvalue weighted by atomic mass is 19.4. The molecule has 0 spiro atoms. The molecule has 2 nitrogen and oxygen atoms in total. The number of halogens is 3. The van der Waals surface area contributed by atoms with E-state index < -0.39 is 11.7 Å². The number of hydrogen-bond donors (Lipinski definition) is 2. The summed E-state index contributed by atoms with van der Waals surface area (Å²) in [4.78, 5) is 0. The fraction of sp³-hybridized carbons (Fsp3) is 0.455. The van der Waals surface area contributed by atoms with Gasteiger partial charge in [0.05, 0.1) is 5.56 Å². The minimum absolute atomic E-state index is 0.0781. The van der Waals surface area contributed by atoms with Crippen LogP contribution in [-0.2, 0) is 6.18 Å². The van der Waals surface area contributed by atoms with Gasteiger partial charge in [-0.2, -0.15) is 13.2 Å². The minimum atomic E-state index is -4.34. The standard InChI is InChI=1S/C11H15F3N2/c1-3-7(2)8-4-9(11(12,13)14)6-10(5-8)16-15/h4-7,16H,3,15H2,1-2H3. The van der Waals surface area contributed by atoms with Crippen molar-refractivity contribution in [1.29, 1.82) is 0 Å². The second-order valence-electron chi connectivity index (χ2n) is 3.80. The largest absolute Gasteiger partial charge is 0.416 e. The Morgan fingerprint density at radius 1 is 1.31 bits per heavy atom. The summed E-state index contributed by atoms with van der Waals surface area (Å²) in [5.74, 6) is 5.23. The quantitative estimate of drug-likeness (QED) is 0.618. The summed E-state index contributed by atoms with van der Waals surface area (Å²) < 4.78 is 37.7. The van der Waals surface area contributed by atoms with Crippen LogP contribution in [-0.4, -0.2) is 0 Å². The van der Waals surface area contributed by atoms with Gasteiger partial charge in [-0.25, -0.2) is 0 Å². The number of alkyl halides is 3. The summed E-state index contributed by atoms with van der Waals surface area (Å²) in [7, 11) is 0. The van der Waals surface area contributed by atoms with Gasteiger partial charge < -0.3 is 5.43 Å². The zero-order chi connectivity index (χ0) is 12.3. The van der Waals surface area contributed by atoms with E-state index in [4.69, 9.17) is 5.84 Å². The van der Waals surface area contributed by atoms with Crippen molar-refractivity contribution in [2.45, 2.75) is 32.4 Å². The monoisotopic (exact) mass is 232 g/mol. The Balaban J connectivity index is 3.21. The van der Waals surface area contributed by atoms with Gasteiger partial charge in [0, 0.05) is 5.69 Å². The van der Waals surface area contributed by atoms with E-state index in [1.165, 1.54) is 6.07 Å². The Bertz CT molecular complexity index is 361. The number of anilines is 1. The van der Waals surface area contributed by atoms with Gasteiger partial charge in [0.15, 0.2) is 0 Å². The first-order valence-electron chi connectivity index (χ1n) is 5.07. The molecule has 0 heterocycles. The van der Waals surface area contributed by atoms with Crippen molar-refractivity contribution in [3.8, 4) is 0 Å². The molecule has 1 aromatic rings. The first kappa shape index (κ1) is 12.8. The molecule has 0 aromatic heterocycles. The van der Waals surface area contributed by atoms with E-state index in [2.05, 4.69) is 5.43 Å². The summed E-state index contributed by atoms with van der Waals surface area (Å²) >= 11 is 0. The maximum Gasteiger partial charge on any atom is 0.416 e. The molecule has 1 atom stereocenters. The van der Waals surface area contributed by atoms with Crippen molar-refractivity contribution in [2.75, 3.05) is 5.43 Å². The zero-order valence-electron chi connectivity index (χ0n) is 9.23. The lowest BCUT2D eigenvalue weighted by Gasteiger charge is -2.15. The lowest BCUT2D eigenvalue weighted by molar-refractivity contribution is -0.137. The highest BCUT2D eigenvalue weighted by Gasteiger charge is 2.31. The van der Waals surface area contributed by atoms with Crippen LogP contribution in [0.25, 0.3) is 0 Å². The molecular weight excluding hydrogens is 217 g/mol. The molecule has 5 heteroatoms. The van der Waals surface area contributed by atoms with E-state index >= 15 is 0 Å². The van der Waals surface area contributed by atoms with Crippen LogP contribution < -0.4 is 11.3 Å². The molecule has 1 unspecified atom stereocenters. The Morgan fingerprint density at radius 2 is 1.94 bits per heavy atom. The van der Waals surface area contributed by atoms with Crippen molar-refractivity contribution in [2.24, 2.45) is 5.84 Å². The predicted octanol–water partition coefficient (Wildman–Crippen LogP) is 3.50. The molecular formula is C11H15F3N2. The number of rotatable bonds is 3. The van der Waals surface area contributed by atoms with E-state index in [9.17, 15) is 13.2 Å². The molecule has 0 fully saturated rings. The highest BCUT2D eigenvalue weighted by Crippen LogP contribution is 2.34. The molecule has 90 valence electrons. The van der Waals surface area contributed by atoms with Crippen LogP contribution in [0.3, 0.4) is 0 Å². The molecule has 0 saturated heterocycles. The molecule has 1 aromatic carbocycles. The van der Waals surface area contributed by atoms with Gasteiger partial charge in [-0.3, -0.25) is 5.84 Å². The van der Waals surface area contributed by atoms with Gasteiger partial charge in [0.25, 0.3) is 0 Å². The summed E-state index contributed by atoms with van der Waals surface area (Å²) in [6.45, 7) is 3.82. The van der Waals surface area contributed by atoms with Crippen molar-refractivity contribution in [3.63, 3.8) is 0 Å². The van der Waals surface area contributed by atoms with E-state index in [1.807, 2.05) is 13.8 Å². The van der Waals surface area contributed by atoms with E-state index in [0.29, 0.717) is 5.56 Å². The Kier molecular flexibility index (Phi) is 3.80. The third-order valence-electron chi connectivity index (χ3n) is 2.63. The van der Waals surface area contributed by atoms with Crippen LogP contribution in [0.2, 0.25) is 0 Å².